The van der Waals surface area contributed by atoms with E-state index in [2.05, 4.69) is 20.3 Å². The Balaban J connectivity index is 1.46. The molecule has 4 aromatic rings. The molecule has 124 valence electrons. The van der Waals surface area contributed by atoms with Crippen LogP contribution in [-0.4, -0.2) is 26.6 Å². The molecule has 0 aliphatic carbocycles. The van der Waals surface area contributed by atoms with E-state index in [1.165, 1.54) is 41.6 Å². The van der Waals surface area contributed by atoms with Crippen molar-refractivity contribution < 1.29 is 9.18 Å². The number of anilines is 1. The fourth-order valence-electron chi connectivity index (χ4n) is 2.34. The van der Waals surface area contributed by atoms with Crippen molar-refractivity contribution in [1.29, 1.82) is 0 Å². The number of hydrogen-bond donors (Lipinski definition) is 1. The number of carbonyl (C=O) groups excluding carboxylic acids is 1. The molecule has 0 saturated carbocycles. The molecule has 1 amide bonds. The molecule has 0 unspecified atom stereocenters. The molecule has 0 spiro atoms. The predicted molar refractivity (Wildman–Crippen MR) is 98.5 cm³/mol. The highest BCUT2D eigenvalue weighted by molar-refractivity contribution is 8.00. The average Bonchev–Trinajstić information content (AvgIpc) is 3.01. The maximum absolute atomic E-state index is 13.2. The average molecular weight is 370 g/mol. The van der Waals surface area contributed by atoms with Crippen molar-refractivity contribution in [3.8, 4) is 0 Å². The number of carbonyl (C=O) groups is 1. The summed E-state index contributed by atoms with van der Waals surface area (Å²) in [7, 11) is 0. The molecule has 2 aromatic heterocycles. The molecule has 2 heterocycles. The molecular weight excluding hydrogens is 359 g/mol. The van der Waals surface area contributed by atoms with E-state index in [1.807, 2.05) is 24.3 Å². The molecule has 25 heavy (non-hydrogen) atoms. The topological polar surface area (TPSA) is 67.8 Å². The van der Waals surface area contributed by atoms with Crippen LogP contribution < -0.4 is 5.32 Å². The van der Waals surface area contributed by atoms with Crippen molar-refractivity contribution in [2.75, 3.05) is 11.1 Å². The zero-order valence-electron chi connectivity index (χ0n) is 12.8. The van der Waals surface area contributed by atoms with Gasteiger partial charge in [0.15, 0.2) is 5.13 Å². The Hall–Kier alpha value is -2.58. The van der Waals surface area contributed by atoms with Gasteiger partial charge in [-0.25, -0.2) is 19.3 Å². The highest BCUT2D eigenvalue weighted by Gasteiger charge is 2.11. The molecular formula is C17H11FN4OS2. The number of halogens is 1. The van der Waals surface area contributed by atoms with E-state index in [0.717, 1.165) is 15.9 Å². The second-order valence-corrected chi connectivity index (χ2v) is 7.16. The molecule has 4 rings (SSSR count). The van der Waals surface area contributed by atoms with E-state index in [9.17, 15) is 9.18 Å². The number of fused-ring (bicyclic) bond motifs is 2. The van der Waals surface area contributed by atoms with Crippen LogP contribution in [-0.2, 0) is 4.79 Å². The molecule has 0 atom stereocenters. The van der Waals surface area contributed by atoms with Gasteiger partial charge in [0, 0.05) is 5.39 Å². The van der Waals surface area contributed by atoms with E-state index in [4.69, 9.17) is 0 Å². The Morgan fingerprint density at radius 1 is 1.16 bits per heavy atom. The second kappa shape index (κ2) is 6.73. The summed E-state index contributed by atoms with van der Waals surface area (Å²) in [4.78, 5) is 24.9. The summed E-state index contributed by atoms with van der Waals surface area (Å²) < 4.78 is 13.9. The van der Waals surface area contributed by atoms with Crippen LogP contribution in [0.5, 0.6) is 0 Å². The molecule has 8 heteroatoms. The van der Waals surface area contributed by atoms with Gasteiger partial charge in [0.2, 0.25) is 5.91 Å². The van der Waals surface area contributed by atoms with Crippen LogP contribution in [0.15, 0.2) is 53.8 Å². The number of amides is 1. The van der Waals surface area contributed by atoms with Crippen LogP contribution >= 0.6 is 23.1 Å². The lowest BCUT2D eigenvalue weighted by molar-refractivity contribution is -0.113. The molecule has 0 aliphatic heterocycles. The summed E-state index contributed by atoms with van der Waals surface area (Å²) in [5.74, 6) is -0.307. The first kappa shape index (κ1) is 15.9. The Labute approximate surface area is 150 Å². The standard InChI is InChI=1S/C17H11FN4OS2/c18-10-5-6-13-14(7-10)25-17(21-13)22-15(23)8-24-16-11-3-1-2-4-12(11)19-9-20-16/h1-7,9H,8H2,(H,21,22,23). The van der Waals surface area contributed by atoms with Crippen LogP contribution in [0.2, 0.25) is 0 Å². The first-order valence-electron chi connectivity index (χ1n) is 7.37. The molecule has 0 aliphatic rings. The van der Waals surface area contributed by atoms with E-state index < -0.39 is 0 Å². The molecule has 0 fully saturated rings. The van der Waals surface area contributed by atoms with Crippen LogP contribution in [0, 0.1) is 5.82 Å². The number of nitrogens with zero attached hydrogens (tertiary/aromatic N) is 3. The van der Waals surface area contributed by atoms with Gasteiger partial charge in [-0.2, -0.15) is 0 Å². The number of thiazole rings is 1. The van der Waals surface area contributed by atoms with Gasteiger partial charge in [0.05, 0.1) is 21.5 Å². The fourth-order valence-corrected chi connectivity index (χ4v) is 4.03. The Morgan fingerprint density at radius 2 is 2.04 bits per heavy atom. The van der Waals surface area contributed by atoms with Gasteiger partial charge in [-0.05, 0) is 24.3 Å². The van der Waals surface area contributed by atoms with Crippen molar-refractivity contribution in [3.05, 3.63) is 54.6 Å². The van der Waals surface area contributed by atoms with Gasteiger partial charge in [-0.15, -0.1) is 0 Å². The van der Waals surface area contributed by atoms with E-state index in [-0.39, 0.29) is 17.5 Å². The number of hydrogen-bond acceptors (Lipinski definition) is 6. The minimum Gasteiger partial charge on any atom is -0.301 e. The molecule has 5 nitrogen and oxygen atoms in total. The minimum absolute atomic E-state index is 0.188. The number of para-hydroxylation sites is 1. The third kappa shape index (κ3) is 3.45. The highest BCUT2D eigenvalue weighted by atomic mass is 32.2. The number of thioether (sulfide) groups is 1. The molecule has 1 N–H and O–H groups in total. The SMILES string of the molecule is O=C(CSc1ncnc2ccccc12)Nc1nc2ccc(F)cc2s1. The molecule has 0 radical (unpaired) electrons. The lowest BCUT2D eigenvalue weighted by Crippen LogP contribution is -2.13. The van der Waals surface area contributed by atoms with Crippen molar-refractivity contribution in [1.82, 2.24) is 15.0 Å². The number of aromatic nitrogens is 3. The lowest BCUT2D eigenvalue weighted by Gasteiger charge is -2.04. The smallest absolute Gasteiger partial charge is 0.236 e. The summed E-state index contributed by atoms with van der Waals surface area (Å²) in [6.07, 6.45) is 1.49. The van der Waals surface area contributed by atoms with Gasteiger partial charge in [-0.1, -0.05) is 41.3 Å². The third-order valence-electron chi connectivity index (χ3n) is 3.44. The summed E-state index contributed by atoms with van der Waals surface area (Å²) in [5.41, 5.74) is 1.50. The van der Waals surface area contributed by atoms with E-state index in [0.29, 0.717) is 15.3 Å². The van der Waals surface area contributed by atoms with Crippen LogP contribution in [0.25, 0.3) is 21.1 Å². The summed E-state index contributed by atoms with van der Waals surface area (Å²) in [5, 5.41) is 4.88. The molecule has 0 bridgehead atoms. The Bertz CT molecular complexity index is 1080. The van der Waals surface area contributed by atoms with Gasteiger partial charge in [0.25, 0.3) is 0 Å². The number of nitrogens with one attached hydrogen (secondary N) is 1. The fraction of sp³-hybridized carbons (Fsp3) is 0.0588. The van der Waals surface area contributed by atoms with Crippen LogP contribution in [0.4, 0.5) is 9.52 Å². The lowest BCUT2D eigenvalue weighted by atomic mass is 10.2. The van der Waals surface area contributed by atoms with Gasteiger partial charge >= 0.3 is 0 Å². The normalized spacial score (nSPS) is 11.1. The quantitative estimate of drug-likeness (QED) is 0.432. The maximum Gasteiger partial charge on any atom is 0.236 e. The second-order valence-electron chi connectivity index (χ2n) is 5.16. The summed E-state index contributed by atoms with van der Waals surface area (Å²) in [6.45, 7) is 0. The van der Waals surface area contributed by atoms with Gasteiger partial charge in [0.1, 0.15) is 17.2 Å². The van der Waals surface area contributed by atoms with E-state index >= 15 is 0 Å². The Kier molecular flexibility index (Phi) is 4.29. The number of benzene rings is 2. The minimum atomic E-state index is -0.319. The summed E-state index contributed by atoms with van der Waals surface area (Å²) in [6, 6.07) is 12.0. The van der Waals surface area contributed by atoms with Gasteiger partial charge < -0.3 is 5.32 Å². The number of rotatable bonds is 4. The zero-order chi connectivity index (χ0) is 17.2. The first-order chi connectivity index (χ1) is 12.2. The van der Waals surface area contributed by atoms with Gasteiger partial charge in [-0.3, -0.25) is 4.79 Å². The van der Waals surface area contributed by atoms with Crippen molar-refractivity contribution >= 4 is 55.3 Å². The van der Waals surface area contributed by atoms with Crippen molar-refractivity contribution in [2.45, 2.75) is 5.03 Å². The van der Waals surface area contributed by atoms with Crippen molar-refractivity contribution in [2.24, 2.45) is 0 Å². The highest BCUT2D eigenvalue weighted by Crippen LogP contribution is 2.27. The largest absolute Gasteiger partial charge is 0.301 e. The Morgan fingerprint density at radius 3 is 2.96 bits per heavy atom. The maximum atomic E-state index is 13.2. The van der Waals surface area contributed by atoms with E-state index in [1.54, 1.807) is 6.07 Å². The monoisotopic (exact) mass is 370 g/mol. The molecule has 2 aromatic carbocycles. The first-order valence-corrected chi connectivity index (χ1v) is 9.18. The van der Waals surface area contributed by atoms with Crippen molar-refractivity contribution in [3.63, 3.8) is 0 Å². The predicted octanol–water partition coefficient (Wildman–Crippen LogP) is 4.11. The van der Waals surface area contributed by atoms with Crippen LogP contribution in [0.1, 0.15) is 0 Å². The van der Waals surface area contributed by atoms with Crippen LogP contribution in [0.3, 0.4) is 0 Å². The third-order valence-corrected chi connectivity index (χ3v) is 5.38. The molecule has 0 saturated heterocycles. The zero-order valence-corrected chi connectivity index (χ0v) is 14.4. The summed E-state index contributed by atoms with van der Waals surface area (Å²) >= 11 is 2.59.